The van der Waals surface area contributed by atoms with Gasteiger partial charge in [-0.05, 0) is 46.6 Å². The molecule has 0 unspecified atom stereocenters. The summed E-state index contributed by atoms with van der Waals surface area (Å²) in [7, 11) is -0.973. The Bertz CT molecular complexity index is 631. The van der Waals surface area contributed by atoms with Crippen molar-refractivity contribution < 1.29 is 18.4 Å². The average molecular weight is 355 g/mol. The Hall–Kier alpha value is -1.18. The van der Waals surface area contributed by atoms with Crippen LogP contribution in [0.15, 0.2) is 24.2 Å². The van der Waals surface area contributed by atoms with E-state index in [0.29, 0.717) is 11.6 Å². The van der Waals surface area contributed by atoms with Crippen molar-refractivity contribution in [3.63, 3.8) is 0 Å². The Morgan fingerprint density at radius 2 is 1.79 bits per heavy atom. The molecule has 1 saturated heterocycles. The SMILES string of the molecule is CC1(C)OB(C(F)=CC2(COc3ncc(Cl)cn3)CC2)OC1(C)C. The van der Waals surface area contributed by atoms with Gasteiger partial charge in [0.15, 0.2) is 0 Å². The maximum atomic E-state index is 14.6. The minimum atomic E-state index is -0.973. The summed E-state index contributed by atoms with van der Waals surface area (Å²) in [6.07, 6.45) is 6.17. The Kier molecular flexibility index (Phi) is 4.39. The quantitative estimate of drug-likeness (QED) is 0.753. The van der Waals surface area contributed by atoms with Gasteiger partial charge < -0.3 is 14.0 Å². The van der Waals surface area contributed by atoms with Crippen molar-refractivity contribution >= 4 is 18.7 Å². The zero-order valence-corrected chi connectivity index (χ0v) is 15.1. The van der Waals surface area contributed by atoms with Crippen LogP contribution in [0, 0.1) is 5.41 Å². The minimum Gasteiger partial charge on any atom is -0.463 e. The van der Waals surface area contributed by atoms with Gasteiger partial charge in [-0.25, -0.2) is 14.4 Å². The number of ether oxygens (including phenoxy) is 1. The molecule has 1 aliphatic carbocycles. The van der Waals surface area contributed by atoms with Crippen molar-refractivity contribution in [3.05, 3.63) is 29.2 Å². The average Bonchev–Trinajstić information content (AvgIpc) is 3.20. The van der Waals surface area contributed by atoms with Gasteiger partial charge in [0, 0.05) is 5.41 Å². The summed E-state index contributed by atoms with van der Waals surface area (Å²) in [5.74, 6) is 0. The van der Waals surface area contributed by atoms with E-state index < -0.39 is 24.0 Å². The molecule has 3 rings (SSSR count). The predicted molar refractivity (Wildman–Crippen MR) is 89.5 cm³/mol. The summed E-state index contributed by atoms with van der Waals surface area (Å²) in [6.45, 7) is 7.90. The molecule has 24 heavy (non-hydrogen) atoms. The zero-order valence-electron chi connectivity index (χ0n) is 14.3. The lowest BCUT2D eigenvalue weighted by Crippen LogP contribution is -2.41. The van der Waals surface area contributed by atoms with Gasteiger partial charge in [-0.15, -0.1) is 0 Å². The van der Waals surface area contributed by atoms with Crippen molar-refractivity contribution in [3.8, 4) is 6.01 Å². The number of halogens is 2. The van der Waals surface area contributed by atoms with Crippen molar-refractivity contribution in [2.24, 2.45) is 5.41 Å². The molecule has 0 bridgehead atoms. The molecule has 5 nitrogen and oxygen atoms in total. The summed E-state index contributed by atoms with van der Waals surface area (Å²) >= 11 is 5.73. The van der Waals surface area contributed by atoms with E-state index in [0.717, 1.165) is 12.8 Å². The smallest absolute Gasteiger partial charge is 0.463 e. The lowest BCUT2D eigenvalue weighted by atomic mass is 9.85. The van der Waals surface area contributed by atoms with Gasteiger partial charge in [0.05, 0.1) is 28.6 Å². The molecule has 2 heterocycles. The maximum absolute atomic E-state index is 14.6. The van der Waals surface area contributed by atoms with Gasteiger partial charge in [0.25, 0.3) is 0 Å². The first-order valence-corrected chi connectivity index (χ1v) is 8.35. The second-order valence-corrected chi connectivity index (χ2v) is 7.89. The summed E-state index contributed by atoms with van der Waals surface area (Å²) < 4.78 is 31.6. The summed E-state index contributed by atoms with van der Waals surface area (Å²) in [6, 6.07) is 0.232. The normalized spacial score (nSPS) is 24.1. The topological polar surface area (TPSA) is 53.5 Å². The number of hydrogen-bond acceptors (Lipinski definition) is 5. The third-order valence-corrected chi connectivity index (χ3v) is 5.10. The monoisotopic (exact) mass is 354 g/mol. The molecule has 0 aromatic carbocycles. The zero-order chi connectivity index (χ0) is 17.6. The Morgan fingerprint density at radius 3 is 2.29 bits per heavy atom. The van der Waals surface area contributed by atoms with Gasteiger partial charge in [-0.3, -0.25) is 0 Å². The molecule has 2 aliphatic rings. The molecule has 0 atom stereocenters. The third kappa shape index (κ3) is 3.58. The van der Waals surface area contributed by atoms with Crippen LogP contribution in [0.25, 0.3) is 0 Å². The Labute approximate surface area is 146 Å². The first-order valence-electron chi connectivity index (χ1n) is 7.97. The second kappa shape index (κ2) is 5.97. The van der Waals surface area contributed by atoms with Crippen molar-refractivity contribution in [2.75, 3.05) is 6.61 Å². The molecule has 0 radical (unpaired) electrons. The maximum Gasteiger partial charge on any atom is 0.524 e. The van der Waals surface area contributed by atoms with Crippen LogP contribution in [0.3, 0.4) is 0 Å². The lowest BCUT2D eigenvalue weighted by molar-refractivity contribution is 0.00578. The van der Waals surface area contributed by atoms with Gasteiger partial charge in [-0.2, -0.15) is 0 Å². The lowest BCUT2D eigenvalue weighted by Gasteiger charge is -2.32. The molecular weight excluding hydrogens is 333 g/mol. The van der Waals surface area contributed by atoms with E-state index >= 15 is 0 Å². The summed E-state index contributed by atoms with van der Waals surface area (Å²) in [4.78, 5) is 7.95. The second-order valence-electron chi connectivity index (χ2n) is 7.45. The van der Waals surface area contributed by atoms with E-state index in [1.165, 1.54) is 12.4 Å². The number of aromatic nitrogens is 2. The standard InChI is InChI=1S/C16H21BClFN2O3/c1-14(2)15(3,4)24-17(23-14)12(19)7-16(5-6-16)10-22-13-20-8-11(18)9-21-13/h7-9H,5-6,10H2,1-4H3. The number of hydrogen-bond donors (Lipinski definition) is 0. The third-order valence-electron chi connectivity index (χ3n) is 4.90. The highest BCUT2D eigenvalue weighted by Gasteiger charge is 2.54. The summed E-state index contributed by atoms with van der Waals surface area (Å²) in [5.41, 5.74) is -1.89. The molecule has 1 aromatic heterocycles. The first kappa shape index (κ1) is 17.6. The van der Waals surface area contributed by atoms with E-state index in [-0.39, 0.29) is 11.4 Å². The van der Waals surface area contributed by atoms with Gasteiger partial charge in [0.2, 0.25) is 0 Å². The van der Waals surface area contributed by atoms with Gasteiger partial charge >= 0.3 is 13.1 Å². The fourth-order valence-corrected chi connectivity index (χ4v) is 2.49. The highest BCUT2D eigenvalue weighted by atomic mass is 35.5. The largest absolute Gasteiger partial charge is 0.524 e. The van der Waals surface area contributed by atoms with E-state index in [4.69, 9.17) is 25.6 Å². The summed E-state index contributed by atoms with van der Waals surface area (Å²) in [5, 5.41) is 0.440. The first-order chi connectivity index (χ1) is 11.1. The molecule has 0 amide bonds. The van der Waals surface area contributed by atoms with E-state index in [1.807, 2.05) is 27.7 Å². The number of rotatable bonds is 5. The van der Waals surface area contributed by atoms with Crippen molar-refractivity contribution in [1.29, 1.82) is 0 Å². The van der Waals surface area contributed by atoms with Crippen LogP contribution < -0.4 is 4.74 Å². The fourth-order valence-electron chi connectivity index (χ4n) is 2.39. The van der Waals surface area contributed by atoms with Gasteiger partial charge in [0.1, 0.15) is 12.3 Å². The van der Waals surface area contributed by atoms with Crippen LogP contribution in [0.1, 0.15) is 40.5 Å². The molecule has 0 N–H and O–H groups in total. The fraction of sp³-hybridized carbons (Fsp3) is 0.625. The minimum absolute atomic E-state index is 0.232. The predicted octanol–water partition coefficient (Wildman–Crippen LogP) is 3.77. The van der Waals surface area contributed by atoms with Crippen LogP contribution in [0.2, 0.25) is 5.02 Å². The van der Waals surface area contributed by atoms with E-state index in [2.05, 4.69) is 9.97 Å². The molecule has 1 saturated carbocycles. The van der Waals surface area contributed by atoms with Crippen molar-refractivity contribution in [2.45, 2.75) is 51.7 Å². The van der Waals surface area contributed by atoms with Crippen LogP contribution in [0.4, 0.5) is 4.39 Å². The highest BCUT2D eigenvalue weighted by molar-refractivity contribution is 6.53. The molecule has 8 heteroatoms. The molecule has 2 fully saturated rings. The van der Waals surface area contributed by atoms with Crippen molar-refractivity contribution in [1.82, 2.24) is 9.97 Å². The van der Waals surface area contributed by atoms with Crippen LogP contribution in [-0.2, 0) is 9.31 Å². The van der Waals surface area contributed by atoms with Crippen LogP contribution in [0.5, 0.6) is 6.01 Å². The number of nitrogens with zero attached hydrogens (tertiary/aromatic N) is 2. The molecule has 1 aliphatic heterocycles. The molecular formula is C16H21BClFN2O3. The van der Waals surface area contributed by atoms with Gasteiger partial charge in [-0.1, -0.05) is 11.6 Å². The Balaban J connectivity index is 1.63. The van der Waals surface area contributed by atoms with Crippen LogP contribution in [-0.4, -0.2) is 34.9 Å². The van der Waals surface area contributed by atoms with Crippen LogP contribution >= 0.6 is 11.6 Å². The molecule has 1 aromatic rings. The highest BCUT2D eigenvalue weighted by Crippen LogP contribution is 2.49. The molecule has 0 spiro atoms. The van der Waals surface area contributed by atoms with E-state index in [9.17, 15) is 4.39 Å². The van der Waals surface area contributed by atoms with E-state index in [1.54, 1.807) is 6.08 Å². The molecule has 130 valence electrons. The Morgan fingerprint density at radius 1 is 1.25 bits per heavy atom.